The number of hydrogen-bond acceptors (Lipinski definition) is 8. The van der Waals surface area contributed by atoms with Crippen molar-refractivity contribution in [3.8, 4) is 0 Å². The van der Waals surface area contributed by atoms with Crippen molar-refractivity contribution in [2.24, 2.45) is 11.5 Å². The number of ether oxygens (including phenoxy) is 1. The molecule has 0 radical (unpaired) electrons. The molecule has 0 saturated carbocycles. The third-order valence-electron chi connectivity index (χ3n) is 2.70. The van der Waals surface area contributed by atoms with Crippen molar-refractivity contribution < 1.29 is 9.53 Å². The Hall–Kier alpha value is -2.13. The van der Waals surface area contributed by atoms with Gasteiger partial charge in [0.05, 0.1) is 0 Å². The van der Waals surface area contributed by atoms with Crippen molar-refractivity contribution in [1.29, 1.82) is 5.41 Å². The number of nitrogen functional groups attached to an aromatic ring is 1. The lowest BCUT2D eigenvalue weighted by atomic mass is 10.2. The number of nitrogens with one attached hydrogen (secondary N) is 2. The molecule has 0 spiro atoms. The molecule has 0 unspecified atom stereocenters. The topological polar surface area (TPSA) is 166 Å². The van der Waals surface area contributed by atoms with Crippen LogP contribution in [-0.2, 0) is 4.74 Å². The van der Waals surface area contributed by atoms with Crippen molar-refractivity contribution in [2.75, 3.05) is 24.1 Å². The summed E-state index contributed by atoms with van der Waals surface area (Å²) >= 11 is 5.94. The molecule has 0 aliphatic heterocycles. The lowest BCUT2D eigenvalue weighted by molar-refractivity contribution is 0.0707. The van der Waals surface area contributed by atoms with E-state index < -0.39 is 12.0 Å². The van der Waals surface area contributed by atoms with Crippen LogP contribution in [0.3, 0.4) is 0 Å². The maximum Gasteiger partial charge on any atom is 0.368 e. The van der Waals surface area contributed by atoms with Crippen LogP contribution >= 0.6 is 11.6 Å². The summed E-state index contributed by atoms with van der Waals surface area (Å²) in [4.78, 5) is 19.4. The molecule has 0 fully saturated rings. The standard InChI is InChI=1S/C12H20ClN7O2/c13-8-10(18-6-4-2-1-3-5-14)20-9(15)7(19-8)11(21)22-12(16)17/h1-6,14H2,(H3,16,17)(H3,15,18,20). The summed E-state index contributed by atoms with van der Waals surface area (Å²) in [6.07, 6.45) is 4.02. The number of hydrogen-bond donors (Lipinski definition) is 5. The maximum absolute atomic E-state index is 11.6. The lowest BCUT2D eigenvalue weighted by Gasteiger charge is -2.10. The summed E-state index contributed by atoms with van der Waals surface area (Å²) in [5.41, 5.74) is 15.7. The zero-order valence-corrected chi connectivity index (χ0v) is 12.8. The summed E-state index contributed by atoms with van der Waals surface area (Å²) in [6, 6.07) is -0.762. The monoisotopic (exact) mass is 329 g/mol. The third kappa shape index (κ3) is 5.70. The fourth-order valence-corrected chi connectivity index (χ4v) is 1.86. The van der Waals surface area contributed by atoms with Crippen LogP contribution in [0.4, 0.5) is 11.6 Å². The van der Waals surface area contributed by atoms with Crippen LogP contribution < -0.4 is 22.5 Å². The van der Waals surface area contributed by atoms with Crippen LogP contribution in [0.1, 0.15) is 36.2 Å². The predicted octanol–water partition coefficient (Wildman–Crippen LogP) is 0.693. The van der Waals surface area contributed by atoms with Crippen molar-refractivity contribution in [3.63, 3.8) is 0 Å². The number of aromatic nitrogens is 2. The molecule has 122 valence electrons. The van der Waals surface area contributed by atoms with Gasteiger partial charge in [0, 0.05) is 6.54 Å². The molecule has 0 aliphatic rings. The van der Waals surface area contributed by atoms with Crippen LogP contribution in [0.5, 0.6) is 0 Å². The minimum Gasteiger partial charge on any atom is -0.388 e. The number of rotatable bonds is 8. The Labute approximate surface area is 133 Å². The third-order valence-corrected chi connectivity index (χ3v) is 2.96. The molecule has 0 aromatic carbocycles. The van der Waals surface area contributed by atoms with E-state index >= 15 is 0 Å². The minimum atomic E-state index is -0.979. The van der Waals surface area contributed by atoms with Gasteiger partial charge in [-0.15, -0.1) is 0 Å². The molecule has 1 aromatic rings. The fraction of sp³-hybridized carbons (Fsp3) is 0.500. The zero-order valence-electron chi connectivity index (χ0n) is 12.1. The van der Waals surface area contributed by atoms with Crippen LogP contribution in [0, 0.1) is 5.41 Å². The SMILES string of the molecule is N=C(N)OC(=O)c1nc(Cl)c(NCCCCCCN)nc1N. The Balaban J connectivity index is 2.61. The second kappa shape index (κ2) is 9.00. The molecule has 0 bridgehead atoms. The number of anilines is 2. The van der Waals surface area contributed by atoms with Gasteiger partial charge in [-0.2, -0.15) is 0 Å². The Morgan fingerprint density at radius 1 is 1.27 bits per heavy atom. The van der Waals surface area contributed by atoms with E-state index in [1.807, 2.05) is 0 Å². The smallest absolute Gasteiger partial charge is 0.368 e. The van der Waals surface area contributed by atoms with E-state index in [-0.39, 0.29) is 22.5 Å². The highest BCUT2D eigenvalue weighted by molar-refractivity contribution is 6.32. The number of amidine groups is 1. The zero-order chi connectivity index (χ0) is 16.5. The first-order valence-corrected chi connectivity index (χ1v) is 7.16. The summed E-state index contributed by atoms with van der Waals surface area (Å²) in [7, 11) is 0. The predicted molar refractivity (Wildman–Crippen MR) is 84.8 cm³/mol. The first-order chi connectivity index (χ1) is 10.5. The Morgan fingerprint density at radius 3 is 2.59 bits per heavy atom. The second-order valence-corrected chi connectivity index (χ2v) is 4.84. The molecule has 1 aromatic heterocycles. The summed E-state index contributed by atoms with van der Waals surface area (Å²) < 4.78 is 4.40. The first-order valence-electron chi connectivity index (χ1n) is 6.78. The van der Waals surface area contributed by atoms with E-state index in [1.165, 1.54) is 0 Å². The minimum absolute atomic E-state index is 0.00772. The number of unbranched alkanes of at least 4 members (excludes halogenated alkanes) is 3. The van der Waals surface area contributed by atoms with Gasteiger partial charge < -0.3 is 27.3 Å². The van der Waals surface area contributed by atoms with E-state index in [9.17, 15) is 4.79 Å². The van der Waals surface area contributed by atoms with E-state index in [0.717, 1.165) is 25.7 Å². The van der Waals surface area contributed by atoms with Gasteiger partial charge in [-0.05, 0) is 19.4 Å². The molecule has 0 saturated heterocycles. The molecule has 0 aliphatic carbocycles. The Kier molecular flexibility index (Phi) is 7.33. The van der Waals surface area contributed by atoms with Gasteiger partial charge in [0.2, 0.25) is 0 Å². The van der Waals surface area contributed by atoms with Gasteiger partial charge in [0.15, 0.2) is 22.5 Å². The van der Waals surface area contributed by atoms with Crippen molar-refractivity contribution in [1.82, 2.24) is 9.97 Å². The highest BCUT2D eigenvalue weighted by Gasteiger charge is 2.19. The van der Waals surface area contributed by atoms with Crippen LogP contribution in [0.15, 0.2) is 0 Å². The maximum atomic E-state index is 11.6. The molecule has 10 heteroatoms. The molecule has 9 nitrogen and oxygen atoms in total. The normalized spacial score (nSPS) is 10.3. The Bertz CT molecular complexity index is 538. The quantitative estimate of drug-likeness (QED) is 0.201. The average molecular weight is 330 g/mol. The second-order valence-electron chi connectivity index (χ2n) is 4.48. The number of nitrogens with zero attached hydrogens (tertiary/aromatic N) is 2. The summed E-state index contributed by atoms with van der Waals surface area (Å²) in [5.74, 6) is -0.841. The Morgan fingerprint density at radius 2 is 1.95 bits per heavy atom. The molecular formula is C12H20ClN7O2. The molecule has 22 heavy (non-hydrogen) atoms. The fourth-order valence-electron chi connectivity index (χ4n) is 1.67. The van der Waals surface area contributed by atoms with Gasteiger partial charge >= 0.3 is 5.97 Å². The van der Waals surface area contributed by atoms with Crippen molar-refractivity contribution >= 4 is 35.2 Å². The molecule has 1 rings (SSSR count). The van der Waals surface area contributed by atoms with Crippen molar-refractivity contribution in [2.45, 2.75) is 25.7 Å². The summed E-state index contributed by atoms with van der Waals surface area (Å²) in [5, 5.41) is 9.89. The van der Waals surface area contributed by atoms with Crippen molar-refractivity contribution in [3.05, 3.63) is 10.8 Å². The highest BCUT2D eigenvalue weighted by Crippen LogP contribution is 2.21. The number of halogens is 1. The number of esters is 1. The van der Waals surface area contributed by atoms with Gasteiger partial charge in [-0.25, -0.2) is 14.8 Å². The molecule has 0 atom stereocenters. The summed E-state index contributed by atoms with van der Waals surface area (Å²) in [6.45, 7) is 1.34. The van der Waals surface area contributed by atoms with Crippen LogP contribution in [0.25, 0.3) is 0 Å². The van der Waals surface area contributed by atoms with Gasteiger partial charge in [0.25, 0.3) is 6.02 Å². The number of carbonyl (C=O) groups is 1. The van der Waals surface area contributed by atoms with Gasteiger partial charge in [-0.1, -0.05) is 24.4 Å². The first kappa shape index (κ1) is 17.9. The average Bonchev–Trinajstić information content (AvgIpc) is 2.44. The van der Waals surface area contributed by atoms with E-state index in [4.69, 9.17) is 34.2 Å². The number of nitrogens with two attached hydrogens (primary N) is 3. The van der Waals surface area contributed by atoms with E-state index in [2.05, 4.69) is 20.0 Å². The highest BCUT2D eigenvalue weighted by atomic mass is 35.5. The number of carbonyl (C=O) groups excluding carboxylic acids is 1. The lowest BCUT2D eigenvalue weighted by Crippen LogP contribution is -2.22. The van der Waals surface area contributed by atoms with Crippen LogP contribution in [0.2, 0.25) is 5.15 Å². The molecule has 0 amide bonds. The van der Waals surface area contributed by atoms with Crippen LogP contribution in [-0.4, -0.2) is 35.0 Å². The molecule has 1 heterocycles. The molecular weight excluding hydrogens is 310 g/mol. The van der Waals surface area contributed by atoms with Gasteiger partial charge in [-0.3, -0.25) is 5.41 Å². The van der Waals surface area contributed by atoms with Gasteiger partial charge in [0.1, 0.15) is 0 Å². The van der Waals surface area contributed by atoms with E-state index in [1.54, 1.807) is 0 Å². The largest absolute Gasteiger partial charge is 0.388 e. The molecule has 8 N–H and O–H groups in total. The van der Waals surface area contributed by atoms with E-state index in [0.29, 0.717) is 13.1 Å².